The van der Waals surface area contributed by atoms with Crippen molar-refractivity contribution in [1.29, 1.82) is 0 Å². The van der Waals surface area contributed by atoms with Crippen molar-refractivity contribution in [3.63, 3.8) is 0 Å². The number of carbonyl (C=O) groups is 1. The molecule has 6 nitrogen and oxygen atoms in total. The summed E-state index contributed by atoms with van der Waals surface area (Å²) in [5.41, 5.74) is 4.15. The minimum absolute atomic E-state index is 0.0829. The number of aryl methyl sites for hydroxylation is 2. The standard InChI is InChI=1S/C26H25ClN4O2/c1-19-6-2-3-8-22(19)18-31(17-20-7-5-15-28-16-20)25(32)10-4-9-24-29-26(30-33-24)21-11-13-23(27)14-12-21/h2-3,5-8,11-16H,4,9-10,17-18H2,1H3. The third kappa shape index (κ3) is 6.26. The third-order valence-corrected chi connectivity index (χ3v) is 5.68. The van der Waals surface area contributed by atoms with Crippen LogP contribution in [-0.4, -0.2) is 25.9 Å². The number of benzene rings is 2. The lowest BCUT2D eigenvalue weighted by atomic mass is 10.1. The van der Waals surface area contributed by atoms with Crippen LogP contribution < -0.4 is 0 Å². The average molecular weight is 461 g/mol. The van der Waals surface area contributed by atoms with E-state index in [2.05, 4.69) is 34.2 Å². The van der Waals surface area contributed by atoms with E-state index < -0.39 is 0 Å². The molecule has 0 radical (unpaired) electrons. The average Bonchev–Trinajstić information content (AvgIpc) is 3.30. The number of carbonyl (C=O) groups excluding carboxylic acids is 1. The van der Waals surface area contributed by atoms with Crippen LogP contribution in [0, 0.1) is 6.92 Å². The lowest BCUT2D eigenvalue weighted by molar-refractivity contribution is -0.132. The molecule has 0 saturated carbocycles. The minimum Gasteiger partial charge on any atom is -0.339 e. The highest BCUT2D eigenvalue weighted by molar-refractivity contribution is 6.30. The van der Waals surface area contributed by atoms with Crippen molar-refractivity contribution in [3.05, 3.63) is 101 Å². The van der Waals surface area contributed by atoms with Crippen LogP contribution in [-0.2, 0) is 24.3 Å². The minimum atomic E-state index is 0.0829. The number of hydrogen-bond acceptors (Lipinski definition) is 5. The molecule has 2 aromatic heterocycles. The van der Waals surface area contributed by atoms with Gasteiger partial charge in [-0.3, -0.25) is 9.78 Å². The molecule has 0 atom stereocenters. The van der Waals surface area contributed by atoms with Crippen LogP contribution in [0.15, 0.2) is 77.6 Å². The van der Waals surface area contributed by atoms with Crippen molar-refractivity contribution < 1.29 is 9.32 Å². The molecular formula is C26H25ClN4O2. The predicted octanol–water partition coefficient (Wildman–Crippen LogP) is 5.65. The van der Waals surface area contributed by atoms with Crippen LogP contribution in [0.5, 0.6) is 0 Å². The Morgan fingerprint density at radius 2 is 1.85 bits per heavy atom. The van der Waals surface area contributed by atoms with Gasteiger partial charge in [0.2, 0.25) is 17.6 Å². The van der Waals surface area contributed by atoms with E-state index in [9.17, 15) is 4.79 Å². The molecule has 0 spiro atoms. The van der Waals surface area contributed by atoms with Crippen molar-refractivity contribution in [2.24, 2.45) is 0 Å². The molecule has 0 N–H and O–H groups in total. The van der Waals surface area contributed by atoms with E-state index in [1.165, 1.54) is 5.56 Å². The van der Waals surface area contributed by atoms with Crippen LogP contribution >= 0.6 is 11.6 Å². The van der Waals surface area contributed by atoms with Gasteiger partial charge in [-0.25, -0.2) is 0 Å². The molecule has 0 aliphatic carbocycles. The zero-order chi connectivity index (χ0) is 23.0. The van der Waals surface area contributed by atoms with Gasteiger partial charge in [0.1, 0.15) is 0 Å². The Kier molecular flexibility index (Phi) is 7.47. The van der Waals surface area contributed by atoms with E-state index >= 15 is 0 Å². The molecule has 2 aromatic carbocycles. The molecule has 0 fully saturated rings. The number of nitrogens with zero attached hydrogens (tertiary/aromatic N) is 4. The van der Waals surface area contributed by atoms with Crippen molar-refractivity contribution >= 4 is 17.5 Å². The number of pyridine rings is 1. The fourth-order valence-corrected chi connectivity index (χ4v) is 3.68. The summed E-state index contributed by atoms with van der Waals surface area (Å²) in [6, 6.07) is 19.3. The maximum Gasteiger partial charge on any atom is 0.226 e. The Bertz CT molecular complexity index is 1190. The largest absolute Gasteiger partial charge is 0.339 e. The first-order valence-electron chi connectivity index (χ1n) is 10.9. The van der Waals surface area contributed by atoms with E-state index in [0.29, 0.717) is 49.1 Å². The number of halogens is 1. The summed E-state index contributed by atoms with van der Waals surface area (Å²) in [4.78, 5) is 23.6. The summed E-state index contributed by atoms with van der Waals surface area (Å²) in [6.45, 7) is 3.14. The first-order chi connectivity index (χ1) is 16.1. The molecule has 0 aliphatic heterocycles. The molecule has 0 unspecified atom stereocenters. The number of rotatable bonds is 9. The third-order valence-electron chi connectivity index (χ3n) is 5.42. The molecule has 4 aromatic rings. The molecule has 0 aliphatic rings. The summed E-state index contributed by atoms with van der Waals surface area (Å²) in [5.74, 6) is 1.12. The molecule has 2 heterocycles. The van der Waals surface area contributed by atoms with Crippen LogP contribution in [0.3, 0.4) is 0 Å². The van der Waals surface area contributed by atoms with Gasteiger partial charge in [-0.1, -0.05) is 47.1 Å². The molecule has 168 valence electrons. The van der Waals surface area contributed by atoms with Gasteiger partial charge in [0.05, 0.1) is 0 Å². The van der Waals surface area contributed by atoms with Crippen LogP contribution in [0.2, 0.25) is 5.02 Å². The fraction of sp³-hybridized carbons (Fsp3) is 0.231. The molecule has 1 amide bonds. The molecular weight excluding hydrogens is 436 g/mol. The van der Waals surface area contributed by atoms with Gasteiger partial charge in [0.25, 0.3) is 0 Å². The van der Waals surface area contributed by atoms with Gasteiger partial charge in [0.15, 0.2) is 0 Å². The Balaban J connectivity index is 1.38. The second-order valence-electron chi connectivity index (χ2n) is 7.91. The van der Waals surface area contributed by atoms with Gasteiger partial charge < -0.3 is 9.42 Å². The quantitative estimate of drug-likeness (QED) is 0.323. The van der Waals surface area contributed by atoms with Gasteiger partial charge in [-0.15, -0.1) is 0 Å². The predicted molar refractivity (Wildman–Crippen MR) is 127 cm³/mol. The summed E-state index contributed by atoms with van der Waals surface area (Å²) in [7, 11) is 0. The number of hydrogen-bond donors (Lipinski definition) is 0. The highest BCUT2D eigenvalue weighted by atomic mass is 35.5. The fourth-order valence-electron chi connectivity index (χ4n) is 3.56. The number of aromatic nitrogens is 3. The first kappa shape index (κ1) is 22.7. The Morgan fingerprint density at radius 1 is 1.03 bits per heavy atom. The van der Waals surface area contributed by atoms with Crippen molar-refractivity contribution in [3.8, 4) is 11.4 Å². The highest BCUT2D eigenvalue weighted by Crippen LogP contribution is 2.20. The smallest absolute Gasteiger partial charge is 0.226 e. The topological polar surface area (TPSA) is 72.1 Å². The second-order valence-corrected chi connectivity index (χ2v) is 8.35. The molecule has 0 saturated heterocycles. The normalized spacial score (nSPS) is 10.8. The lowest BCUT2D eigenvalue weighted by Gasteiger charge is -2.24. The zero-order valence-electron chi connectivity index (χ0n) is 18.4. The van der Waals surface area contributed by atoms with Crippen LogP contribution in [0.1, 0.15) is 35.4 Å². The van der Waals surface area contributed by atoms with Gasteiger partial charge in [0, 0.05) is 48.9 Å². The molecule has 7 heteroatoms. The van der Waals surface area contributed by atoms with E-state index in [4.69, 9.17) is 16.1 Å². The second kappa shape index (κ2) is 10.9. The van der Waals surface area contributed by atoms with Crippen LogP contribution in [0.25, 0.3) is 11.4 Å². The van der Waals surface area contributed by atoms with E-state index in [0.717, 1.165) is 16.7 Å². The Hall–Kier alpha value is -3.51. The summed E-state index contributed by atoms with van der Waals surface area (Å²) >= 11 is 5.94. The summed E-state index contributed by atoms with van der Waals surface area (Å²) in [6.07, 6.45) is 5.09. The van der Waals surface area contributed by atoms with E-state index in [-0.39, 0.29) is 5.91 Å². The van der Waals surface area contributed by atoms with Crippen LogP contribution in [0.4, 0.5) is 0 Å². The Labute approximate surface area is 198 Å². The summed E-state index contributed by atoms with van der Waals surface area (Å²) < 4.78 is 5.37. The maximum atomic E-state index is 13.1. The van der Waals surface area contributed by atoms with Crippen molar-refractivity contribution in [2.75, 3.05) is 0 Å². The van der Waals surface area contributed by atoms with Gasteiger partial charge in [-0.2, -0.15) is 4.98 Å². The van der Waals surface area contributed by atoms with Gasteiger partial charge in [-0.05, 0) is 60.4 Å². The summed E-state index contributed by atoms with van der Waals surface area (Å²) in [5, 5.41) is 4.69. The monoisotopic (exact) mass is 460 g/mol. The molecule has 4 rings (SSSR count). The highest BCUT2D eigenvalue weighted by Gasteiger charge is 2.17. The number of amides is 1. The van der Waals surface area contributed by atoms with Crippen molar-refractivity contribution in [1.82, 2.24) is 20.0 Å². The van der Waals surface area contributed by atoms with Gasteiger partial charge >= 0.3 is 0 Å². The first-order valence-corrected chi connectivity index (χ1v) is 11.3. The SMILES string of the molecule is Cc1ccccc1CN(Cc1cccnc1)C(=O)CCCc1nc(-c2ccc(Cl)cc2)no1. The van der Waals surface area contributed by atoms with E-state index in [1.807, 2.05) is 41.3 Å². The van der Waals surface area contributed by atoms with E-state index in [1.54, 1.807) is 24.5 Å². The Morgan fingerprint density at radius 3 is 2.61 bits per heavy atom. The lowest BCUT2D eigenvalue weighted by Crippen LogP contribution is -2.30. The molecule has 0 bridgehead atoms. The maximum absolute atomic E-state index is 13.1. The van der Waals surface area contributed by atoms with Crippen molar-refractivity contribution in [2.45, 2.75) is 39.3 Å². The zero-order valence-corrected chi connectivity index (χ0v) is 19.2. The molecule has 33 heavy (non-hydrogen) atoms.